The van der Waals surface area contributed by atoms with Gasteiger partial charge in [0.15, 0.2) is 6.61 Å². The van der Waals surface area contributed by atoms with Gasteiger partial charge in [0.25, 0.3) is 5.91 Å². The third-order valence-corrected chi connectivity index (χ3v) is 3.68. The second kappa shape index (κ2) is 9.42. The summed E-state index contributed by atoms with van der Waals surface area (Å²) in [5.74, 6) is -0.618. The van der Waals surface area contributed by atoms with Gasteiger partial charge in [0.1, 0.15) is 12.7 Å². The van der Waals surface area contributed by atoms with Gasteiger partial charge in [-0.15, -0.1) is 0 Å². The molecule has 0 atom stereocenters. The molecular weight excluding hydrogens is 386 g/mol. The van der Waals surface area contributed by atoms with Crippen LogP contribution in [0.1, 0.15) is 6.42 Å². The van der Waals surface area contributed by atoms with E-state index in [-0.39, 0.29) is 13.0 Å². The Balaban J connectivity index is 1.48. The summed E-state index contributed by atoms with van der Waals surface area (Å²) in [6.07, 6.45) is 6.09. The van der Waals surface area contributed by atoms with Gasteiger partial charge >= 0.3 is 5.97 Å². The molecule has 144 valence electrons. The number of benzene rings is 1. The van der Waals surface area contributed by atoms with Crippen molar-refractivity contribution in [3.05, 3.63) is 54.3 Å². The highest BCUT2D eigenvalue weighted by molar-refractivity contribution is 6.31. The van der Waals surface area contributed by atoms with E-state index < -0.39 is 18.5 Å². The Labute approximate surface area is 164 Å². The largest absolute Gasteiger partial charge is 0.456 e. The van der Waals surface area contributed by atoms with Crippen molar-refractivity contribution < 1.29 is 14.3 Å². The number of rotatable bonds is 8. The summed E-state index contributed by atoms with van der Waals surface area (Å²) in [4.78, 5) is 35.7. The van der Waals surface area contributed by atoms with Crippen LogP contribution in [-0.2, 0) is 14.3 Å². The highest BCUT2D eigenvalue weighted by Gasteiger charge is 2.12. The van der Waals surface area contributed by atoms with E-state index in [1.807, 2.05) is 0 Å². The molecule has 0 aliphatic carbocycles. The monoisotopic (exact) mass is 401 g/mol. The molecule has 0 aliphatic heterocycles. The summed E-state index contributed by atoms with van der Waals surface area (Å²) >= 11 is 6.00. The van der Waals surface area contributed by atoms with E-state index in [0.717, 1.165) is 0 Å². The van der Waals surface area contributed by atoms with Crippen LogP contribution in [0.4, 0.5) is 11.6 Å². The summed E-state index contributed by atoms with van der Waals surface area (Å²) in [6, 6.07) is 6.61. The lowest BCUT2D eigenvalue weighted by Crippen LogP contribution is -2.22. The highest BCUT2D eigenvalue weighted by Crippen LogP contribution is 2.23. The molecule has 11 heteroatoms. The zero-order valence-corrected chi connectivity index (χ0v) is 15.3. The van der Waals surface area contributed by atoms with Crippen molar-refractivity contribution in [3.8, 4) is 5.69 Å². The number of ether oxygens (including phenoxy) is 1. The number of nitrogens with zero attached hydrogens (tertiary/aromatic N) is 5. The molecule has 28 heavy (non-hydrogen) atoms. The van der Waals surface area contributed by atoms with E-state index in [9.17, 15) is 9.59 Å². The fourth-order valence-electron chi connectivity index (χ4n) is 2.21. The Hall–Kier alpha value is -3.53. The maximum atomic E-state index is 12.1. The number of aromatic nitrogens is 5. The Morgan fingerprint density at radius 1 is 1.21 bits per heavy atom. The van der Waals surface area contributed by atoms with Crippen LogP contribution in [0, 0.1) is 0 Å². The van der Waals surface area contributed by atoms with Crippen molar-refractivity contribution >= 4 is 35.1 Å². The van der Waals surface area contributed by atoms with Crippen LogP contribution in [0.2, 0.25) is 5.02 Å². The fraction of sp³-hybridized carbons (Fsp3) is 0.176. The first-order valence-electron chi connectivity index (χ1n) is 8.23. The molecule has 0 fully saturated rings. The number of carbonyl (C=O) groups is 2. The number of halogens is 1. The van der Waals surface area contributed by atoms with Crippen LogP contribution in [0.5, 0.6) is 0 Å². The van der Waals surface area contributed by atoms with E-state index in [0.29, 0.717) is 22.3 Å². The fourth-order valence-corrected chi connectivity index (χ4v) is 2.38. The van der Waals surface area contributed by atoms with Crippen LogP contribution >= 0.6 is 11.6 Å². The average Bonchev–Trinajstić information content (AvgIpc) is 3.22. The van der Waals surface area contributed by atoms with Crippen molar-refractivity contribution in [2.24, 2.45) is 0 Å². The molecule has 1 aromatic carbocycles. The van der Waals surface area contributed by atoms with Crippen molar-refractivity contribution in [1.82, 2.24) is 24.7 Å². The number of amides is 1. The van der Waals surface area contributed by atoms with Crippen molar-refractivity contribution in [3.63, 3.8) is 0 Å². The molecule has 2 heterocycles. The summed E-state index contributed by atoms with van der Waals surface area (Å²) in [7, 11) is 0. The minimum Gasteiger partial charge on any atom is -0.456 e. The quantitative estimate of drug-likeness (QED) is 0.546. The van der Waals surface area contributed by atoms with E-state index in [1.165, 1.54) is 17.3 Å². The molecule has 2 N–H and O–H groups in total. The van der Waals surface area contributed by atoms with Gasteiger partial charge < -0.3 is 15.4 Å². The van der Waals surface area contributed by atoms with Crippen molar-refractivity contribution in [1.29, 1.82) is 0 Å². The lowest BCUT2D eigenvalue weighted by molar-refractivity contribution is -0.147. The predicted octanol–water partition coefficient (Wildman–Crippen LogP) is 1.69. The maximum absolute atomic E-state index is 12.1. The number of anilines is 2. The molecule has 0 saturated carbocycles. The van der Waals surface area contributed by atoms with Gasteiger partial charge in [-0.25, -0.2) is 19.6 Å². The molecule has 3 aromatic rings. The van der Waals surface area contributed by atoms with Gasteiger partial charge in [-0.3, -0.25) is 9.59 Å². The maximum Gasteiger partial charge on any atom is 0.308 e. The van der Waals surface area contributed by atoms with Crippen molar-refractivity contribution in [2.45, 2.75) is 6.42 Å². The first-order valence-corrected chi connectivity index (χ1v) is 8.60. The number of nitrogens with one attached hydrogen (secondary N) is 2. The molecule has 2 aromatic heterocycles. The Kier molecular flexibility index (Phi) is 6.47. The topological polar surface area (TPSA) is 124 Å². The lowest BCUT2D eigenvalue weighted by Gasteiger charge is -2.11. The predicted molar refractivity (Wildman–Crippen MR) is 101 cm³/mol. The molecule has 0 unspecified atom stereocenters. The van der Waals surface area contributed by atoms with Gasteiger partial charge in [0.05, 0.1) is 17.8 Å². The van der Waals surface area contributed by atoms with E-state index >= 15 is 0 Å². The number of hydrogen-bond donors (Lipinski definition) is 2. The molecule has 10 nitrogen and oxygen atoms in total. The lowest BCUT2D eigenvalue weighted by atomic mass is 10.2. The molecule has 0 bridgehead atoms. The second-order valence-corrected chi connectivity index (χ2v) is 5.90. The minimum absolute atomic E-state index is 0.0624. The Bertz CT molecular complexity index is 935. The number of hydrogen-bond acceptors (Lipinski definition) is 8. The molecule has 0 aliphatic rings. The summed E-state index contributed by atoms with van der Waals surface area (Å²) in [5.41, 5.74) is 0.996. The third-order valence-electron chi connectivity index (χ3n) is 3.44. The van der Waals surface area contributed by atoms with Gasteiger partial charge in [0.2, 0.25) is 5.95 Å². The van der Waals surface area contributed by atoms with Crippen LogP contribution in [0.25, 0.3) is 5.69 Å². The van der Waals surface area contributed by atoms with Gasteiger partial charge in [-0.1, -0.05) is 11.6 Å². The van der Waals surface area contributed by atoms with Gasteiger partial charge in [-0.2, -0.15) is 5.10 Å². The average molecular weight is 402 g/mol. The third kappa shape index (κ3) is 5.48. The van der Waals surface area contributed by atoms with Crippen molar-refractivity contribution in [2.75, 3.05) is 23.8 Å². The zero-order valence-electron chi connectivity index (χ0n) is 14.6. The molecule has 0 spiro atoms. The molecule has 0 radical (unpaired) electrons. The SMILES string of the molecule is O=C(COC(=O)CCNc1ncccn1)Nc1cc(Cl)ccc1-n1cncn1. The highest BCUT2D eigenvalue weighted by atomic mass is 35.5. The van der Waals surface area contributed by atoms with E-state index in [2.05, 4.69) is 30.7 Å². The normalized spacial score (nSPS) is 10.3. The van der Waals surface area contributed by atoms with E-state index in [4.69, 9.17) is 16.3 Å². The zero-order chi connectivity index (χ0) is 19.8. The number of esters is 1. The van der Waals surface area contributed by atoms with Crippen LogP contribution < -0.4 is 10.6 Å². The molecule has 0 saturated heterocycles. The van der Waals surface area contributed by atoms with Gasteiger partial charge in [0, 0.05) is 24.0 Å². The summed E-state index contributed by atoms with van der Waals surface area (Å²) in [6.45, 7) is -0.140. The second-order valence-electron chi connectivity index (χ2n) is 5.46. The van der Waals surface area contributed by atoms with Crippen LogP contribution in [0.15, 0.2) is 49.3 Å². The number of carbonyl (C=O) groups excluding carboxylic acids is 2. The first-order chi connectivity index (χ1) is 13.6. The van der Waals surface area contributed by atoms with Crippen LogP contribution in [-0.4, -0.2) is 49.8 Å². The van der Waals surface area contributed by atoms with Crippen LogP contribution in [0.3, 0.4) is 0 Å². The van der Waals surface area contributed by atoms with Gasteiger partial charge in [-0.05, 0) is 24.3 Å². The summed E-state index contributed by atoms with van der Waals surface area (Å²) in [5, 5.41) is 9.99. The minimum atomic E-state index is -0.527. The van der Waals surface area contributed by atoms with E-state index in [1.54, 1.807) is 36.7 Å². The first kappa shape index (κ1) is 19.2. The standard InChI is InChI=1S/C17H16ClN7O3/c18-12-2-3-14(25-11-19-10-23-25)13(8-12)24-15(26)9-28-16(27)4-7-22-17-20-5-1-6-21-17/h1-3,5-6,8,10-11H,4,7,9H2,(H,24,26)(H,20,21,22). The summed E-state index contributed by atoms with van der Waals surface area (Å²) < 4.78 is 6.46. The molecule has 1 amide bonds. The molecular formula is C17H16ClN7O3. The Morgan fingerprint density at radius 3 is 2.79 bits per heavy atom. The molecule has 3 rings (SSSR count). The smallest absolute Gasteiger partial charge is 0.308 e. The Morgan fingerprint density at radius 2 is 2.04 bits per heavy atom.